The lowest BCUT2D eigenvalue weighted by Crippen LogP contribution is -2.13. The SMILES string of the molecule is C=CC(=O)OC(C)CCc1ccc(CCC)cc1. The van der Waals surface area contributed by atoms with Gasteiger partial charge in [-0.15, -0.1) is 0 Å². The summed E-state index contributed by atoms with van der Waals surface area (Å²) in [6.07, 6.45) is 5.22. The van der Waals surface area contributed by atoms with Crippen LogP contribution in [0.15, 0.2) is 36.9 Å². The van der Waals surface area contributed by atoms with E-state index in [9.17, 15) is 4.79 Å². The second kappa shape index (κ2) is 7.70. The zero-order chi connectivity index (χ0) is 13.4. The molecule has 0 fully saturated rings. The maximum atomic E-state index is 11.0. The lowest BCUT2D eigenvalue weighted by molar-refractivity contribution is -0.142. The number of benzene rings is 1. The molecule has 2 heteroatoms. The zero-order valence-electron chi connectivity index (χ0n) is 11.3. The molecule has 0 aliphatic rings. The van der Waals surface area contributed by atoms with Crippen molar-refractivity contribution in [3.8, 4) is 0 Å². The van der Waals surface area contributed by atoms with Crippen molar-refractivity contribution in [1.29, 1.82) is 0 Å². The standard InChI is InChI=1S/C16H22O2/c1-4-6-14-9-11-15(12-10-14)8-7-13(3)18-16(17)5-2/h5,9-13H,2,4,6-8H2,1,3H3. The third kappa shape index (κ3) is 5.17. The van der Waals surface area contributed by atoms with E-state index in [2.05, 4.69) is 37.8 Å². The van der Waals surface area contributed by atoms with Gasteiger partial charge in [-0.1, -0.05) is 44.2 Å². The highest BCUT2D eigenvalue weighted by Crippen LogP contribution is 2.10. The lowest BCUT2D eigenvalue weighted by atomic mass is 10.0. The molecule has 0 saturated heterocycles. The molecule has 1 rings (SSSR count). The maximum Gasteiger partial charge on any atom is 0.330 e. The minimum atomic E-state index is -0.346. The Morgan fingerprint density at radius 1 is 1.28 bits per heavy atom. The Labute approximate surface area is 110 Å². The van der Waals surface area contributed by atoms with E-state index >= 15 is 0 Å². The van der Waals surface area contributed by atoms with Gasteiger partial charge in [0.2, 0.25) is 0 Å². The van der Waals surface area contributed by atoms with Gasteiger partial charge < -0.3 is 4.74 Å². The molecule has 0 aliphatic carbocycles. The summed E-state index contributed by atoms with van der Waals surface area (Å²) in [6, 6.07) is 8.68. The van der Waals surface area contributed by atoms with Gasteiger partial charge in [0, 0.05) is 6.08 Å². The molecule has 0 spiro atoms. The number of hydrogen-bond donors (Lipinski definition) is 0. The summed E-state index contributed by atoms with van der Waals surface area (Å²) < 4.78 is 5.13. The van der Waals surface area contributed by atoms with Gasteiger partial charge >= 0.3 is 5.97 Å². The Bertz CT molecular complexity index is 379. The Morgan fingerprint density at radius 2 is 1.83 bits per heavy atom. The third-order valence-corrected chi connectivity index (χ3v) is 2.89. The molecule has 0 bridgehead atoms. The monoisotopic (exact) mass is 246 g/mol. The van der Waals surface area contributed by atoms with Gasteiger partial charge in [0.1, 0.15) is 0 Å². The predicted molar refractivity (Wildman–Crippen MR) is 74.5 cm³/mol. The highest BCUT2D eigenvalue weighted by Gasteiger charge is 2.06. The first kappa shape index (κ1) is 14.5. The van der Waals surface area contributed by atoms with Crippen LogP contribution in [0.3, 0.4) is 0 Å². The van der Waals surface area contributed by atoms with Crippen molar-refractivity contribution >= 4 is 5.97 Å². The van der Waals surface area contributed by atoms with Crippen LogP contribution in [0.25, 0.3) is 0 Å². The molecular formula is C16H22O2. The summed E-state index contributed by atoms with van der Waals surface area (Å²) in [7, 11) is 0. The third-order valence-electron chi connectivity index (χ3n) is 2.89. The summed E-state index contributed by atoms with van der Waals surface area (Å²) in [6.45, 7) is 7.48. The van der Waals surface area contributed by atoms with Gasteiger partial charge in [-0.3, -0.25) is 0 Å². The minimum Gasteiger partial charge on any atom is -0.460 e. The highest BCUT2D eigenvalue weighted by atomic mass is 16.5. The first-order valence-electron chi connectivity index (χ1n) is 6.56. The predicted octanol–water partition coefficient (Wildman–Crippen LogP) is 3.69. The number of hydrogen-bond acceptors (Lipinski definition) is 2. The molecule has 0 heterocycles. The fraction of sp³-hybridized carbons (Fsp3) is 0.438. The van der Waals surface area contributed by atoms with Crippen molar-refractivity contribution in [2.45, 2.75) is 45.6 Å². The maximum absolute atomic E-state index is 11.0. The molecule has 1 unspecified atom stereocenters. The van der Waals surface area contributed by atoms with E-state index < -0.39 is 0 Å². The molecule has 1 aromatic carbocycles. The molecule has 98 valence electrons. The first-order chi connectivity index (χ1) is 8.65. The van der Waals surface area contributed by atoms with E-state index in [4.69, 9.17) is 4.74 Å². The van der Waals surface area contributed by atoms with Crippen LogP contribution in [0.2, 0.25) is 0 Å². The second-order valence-corrected chi connectivity index (χ2v) is 4.56. The van der Waals surface area contributed by atoms with Crippen molar-refractivity contribution in [1.82, 2.24) is 0 Å². The summed E-state index contributed by atoms with van der Waals surface area (Å²) >= 11 is 0. The van der Waals surface area contributed by atoms with Crippen LogP contribution in [0.1, 0.15) is 37.8 Å². The van der Waals surface area contributed by atoms with E-state index in [0.717, 1.165) is 19.3 Å². The van der Waals surface area contributed by atoms with E-state index in [0.29, 0.717) is 0 Å². The van der Waals surface area contributed by atoms with Gasteiger partial charge in [0.15, 0.2) is 0 Å². The van der Waals surface area contributed by atoms with Gasteiger partial charge in [-0.25, -0.2) is 4.79 Å². The molecule has 2 nitrogen and oxygen atoms in total. The quantitative estimate of drug-likeness (QED) is 0.542. The number of carbonyl (C=O) groups excluding carboxylic acids is 1. The highest BCUT2D eigenvalue weighted by molar-refractivity contribution is 5.81. The van der Waals surface area contributed by atoms with Gasteiger partial charge in [0.05, 0.1) is 6.10 Å². The fourth-order valence-electron chi connectivity index (χ4n) is 1.84. The molecule has 0 aliphatic heterocycles. The van der Waals surface area contributed by atoms with Crippen molar-refractivity contribution in [2.24, 2.45) is 0 Å². The van der Waals surface area contributed by atoms with Gasteiger partial charge in [0.25, 0.3) is 0 Å². The van der Waals surface area contributed by atoms with Crippen LogP contribution in [0, 0.1) is 0 Å². The number of aryl methyl sites for hydroxylation is 2. The molecule has 0 amide bonds. The topological polar surface area (TPSA) is 26.3 Å². The van der Waals surface area contributed by atoms with Crippen molar-refractivity contribution < 1.29 is 9.53 Å². The normalized spacial score (nSPS) is 11.9. The van der Waals surface area contributed by atoms with E-state index in [-0.39, 0.29) is 12.1 Å². The van der Waals surface area contributed by atoms with Crippen molar-refractivity contribution in [2.75, 3.05) is 0 Å². The number of esters is 1. The van der Waals surface area contributed by atoms with Crippen LogP contribution in [0.4, 0.5) is 0 Å². The molecule has 1 atom stereocenters. The number of carbonyl (C=O) groups is 1. The van der Waals surface area contributed by atoms with Crippen LogP contribution >= 0.6 is 0 Å². The first-order valence-corrected chi connectivity index (χ1v) is 6.56. The van der Waals surface area contributed by atoms with E-state index in [1.807, 2.05) is 6.92 Å². The summed E-state index contributed by atoms with van der Waals surface area (Å²) in [5, 5.41) is 0. The minimum absolute atomic E-state index is 0.0641. The van der Waals surface area contributed by atoms with Crippen molar-refractivity contribution in [3.63, 3.8) is 0 Å². The smallest absolute Gasteiger partial charge is 0.330 e. The number of rotatable bonds is 7. The largest absolute Gasteiger partial charge is 0.460 e. The van der Waals surface area contributed by atoms with Crippen molar-refractivity contribution in [3.05, 3.63) is 48.0 Å². The average Bonchev–Trinajstić information content (AvgIpc) is 2.38. The molecule has 1 aromatic rings. The Kier molecular flexibility index (Phi) is 6.20. The van der Waals surface area contributed by atoms with Gasteiger partial charge in [-0.2, -0.15) is 0 Å². The van der Waals surface area contributed by atoms with Crippen LogP contribution in [-0.4, -0.2) is 12.1 Å². The molecule has 0 aromatic heterocycles. The Hall–Kier alpha value is -1.57. The Balaban J connectivity index is 2.38. The van der Waals surface area contributed by atoms with E-state index in [1.165, 1.54) is 23.6 Å². The van der Waals surface area contributed by atoms with Crippen LogP contribution in [-0.2, 0) is 22.4 Å². The Morgan fingerprint density at radius 3 is 2.33 bits per heavy atom. The van der Waals surface area contributed by atoms with Gasteiger partial charge in [-0.05, 0) is 37.3 Å². The summed E-state index contributed by atoms with van der Waals surface area (Å²) in [5.41, 5.74) is 2.67. The molecule has 18 heavy (non-hydrogen) atoms. The molecule has 0 saturated carbocycles. The lowest BCUT2D eigenvalue weighted by Gasteiger charge is -2.11. The summed E-state index contributed by atoms with van der Waals surface area (Å²) in [4.78, 5) is 11.0. The second-order valence-electron chi connectivity index (χ2n) is 4.56. The van der Waals surface area contributed by atoms with Crippen LogP contribution < -0.4 is 0 Å². The molecule has 0 N–H and O–H groups in total. The zero-order valence-corrected chi connectivity index (χ0v) is 11.3. The average molecular weight is 246 g/mol. The fourth-order valence-corrected chi connectivity index (χ4v) is 1.84. The molecule has 0 radical (unpaired) electrons. The van der Waals surface area contributed by atoms with Crippen LogP contribution in [0.5, 0.6) is 0 Å². The number of ether oxygens (including phenoxy) is 1. The molecular weight excluding hydrogens is 224 g/mol. The van der Waals surface area contributed by atoms with E-state index in [1.54, 1.807) is 0 Å². The summed E-state index contributed by atoms with van der Waals surface area (Å²) in [5.74, 6) is -0.346.